The van der Waals surface area contributed by atoms with Gasteiger partial charge in [-0.15, -0.1) is 0 Å². The Kier molecular flexibility index (Phi) is 7.39. The van der Waals surface area contributed by atoms with Crippen molar-refractivity contribution >= 4 is 12.0 Å². The lowest BCUT2D eigenvalue weighted by Crippen LogP contribution is -2.13. The van der Waals surface area contributed by atoms with Gasteiger partial charge in [0.25, 0.3) is 0 Å². The molecule has 0 heterocycles. The molecular weight excluding hydrogens is 216 g/mol. The fourth-order valence-corrected chi connectivity index (χ4v) is 0.845. The van der Waals surface area contributed by atoms with Gasteiger partial charge in [-0.05, 0) is 19.4 Å². The van der Waals surface area contributed by atoms with E-state index in [2.05, 4.69) is 17.9 Å². The lowest BCUT2D eigenvalue weighted by molar-refractivity contribution is -0.159. The van der Waals surface area contributed by atoms with Crippen molar-refractivity contribution in [3.8, 4) is 0 Å². The molecule has 92 valence electrons. The molecule has 0 saturated heterocycles. The minimum absolute atomic E-state index is 0.288. The zero-order valence-corrected chi connectivity index (χ0v) is 10.2. The highest BCUT2D eigenvalue weighted by Crippen LogP contribution is 1.97. The van der Waals surface area contributed by atoms with Crippen LogP contribution in [0.1, 0.15) is 19.4 Å². The zero-order valence-electron chi connectivity index (χ0n) is 10.2. The van der Waals surface area contributed by atoms with Crippen molar-refractivity contribution in [3.63, 3.8) is 0 Å². The average Bonchev–Trinajstić information content (AvgIpc) is 2.30. The van der Waals surface area contributed by atoms with Crippen molar-refractivity contribution in [3.05, 3.63) is 54.6 Å². The SMILES string of the molecule is C=C(C)C(=O)OC(C)O.C=Cc1ccccc1. The Morgan fingerprint density at radius 2 is 1.94 bits per heavy atom. The van der Waals surface area contributed by atoms with Crippen LogP contribution >= 0.6 is 0 Å². The van der Waals surface area contributed by atoms with Crippen LogP contribution in [0.3, 0.4) is 0 Å². The Bertz CT molecular complexity index is 366. The molecule has 0 saturated carbocycles. The number of rotatable bonds is 3. The third-order valence-corrected chi connectivity index (χ3v) is 1.66. The second-order valence-electron chi connectivity index (χ2n) is 3.40. The van der Waals surface area contributed by atoms with Gasteiger partial charge in [0.15, 0.2) is 6.29 Å². The summed E-state index contributed by atoms with van der Waals surface area (Å²) in [5.74, 6) is -0.565. The largest absolute Gasteiger partial charge is 0.433 e. The van der Waals surface area contributed by atoms with Gasteiger partial charge in [0.05, 0.1) is 0 Å². The highest BCUT2D eigenvalue weighted by molar-refractivity contribution is 5.86. The Labute approximate surface area is 102 Å². The second-order valence-corrected chi connectivity index (χ2v) is 3.40. The number of benzene rings is 1. The summed E-state index contributed by atoms with van der Waals surface area (Å²) in [6.07, 6.45) is 0.786. The lowest BCUT2D eigenvalue weighted by atomic mass is 10.2. The highest BCUT2D eigenvalue weighted by atomic mass is 16.6. The maximum atomic E-state index is 10.5. The molecule has 1 unspecified atom stereocenters. The van der Waals surface area contributed by atoms with Gasteiger partial charge >= 0.3 is 5.97 Å². The Morgan fingerprint density at radius 3 is 2.18 bits per heavy atom. The third kappa shape index (κ3) is 7.99. The zero-order chi connectivity index (χ0) is 13.3. The first-order valence-corrected chi connectivity index (χ1v) is 5.19. The van der Waals surface area contributed by atoms with Crippen LogP contribution in [0.15, 0.2) is 49.1 Å². The predicted octanol–water partition coefficient (Wildman–Crippen LogP) is 2.77. The van der Waals surface area contributed by atoms with Crippen molar-refractivity contribution in [2.75, 3.05) is 0 Å². The van der Waals surface area contributed by atoms with Gasteiger partial charge in [0.1, 0.15) is 0 Å². The number of ether oxygens (including phenoxy) is 1. The van der Waals surface area contributed by atoms with Crippen molar-refractivity contribution in [1.82, 2.24) is 0 Å². The number of carbonyl (C=O) groups excluding carboxylic acids is 1. The molecule has 0 bridgehead atoms. The van der Waals surface area contributed by atoms with Crippen LogP contribution in [0, 0.1) is 0 Å². The van der Waals surface area contributed by atoms with Crippen molar-refractivity contribution in [2.45, 2.75) is 20.1 Å². The number of hydrogen-bond donors (Lipinski definition) is 1. The molecule has 1 N–H and O–H groups in total. The lowest BCUT2D eigenvalue weighted by Gasteiger charge is -2.04. The summed E-state index contributed by atoms with van der Waals surface area (Å²) in [6, 6.07) is 10.0. The number of esters is 1. The third-order valence-electron chi connectivity index (χ3n) is 1.66. The summed E-state index contributed by atoms with van der Waals surface area (Å²) in [7, 11) is 0. The quantitative estimate of drug-likeness (QED) is 0.497. The first-order valence-electron chi connectivity index (χ1n) is 5.19. The Balaban J connectivity index is 0.000000302. The maximum Gasteiger partial charge on any atom is 0.335 e. The van der Waals surface area contributed by atoms with Gasteiger partial charge < -0.3 is 9.84 Å². The van der Waals surface area contributed by atoms with E-state index in [-0.39, 0.29) is 5.57 Å². The Hall–Kier alpha value is -1.87. The molecule has 0 aliphatic heterocycles. The second kappa shape index (κ2) is 8.30. The molecular formula is C14H18O3. The molecule has 0 aliphatic rings. The standard InChI is InChI=1S/C8H8.C6H10O3/c1-2-8-6-4-3-5-7-8;1-4(2)6(8)9-5(3)7/h2-7H,1H2;5,7H,1H2,2-3H3. The van der Waals surface area contributed by atoms with Crippen molar-refractivity contribution in [2.24, 2.45) is 0 Å². The van der Waals surface area contributed by atoms with Crippen LogP contribution in [0.4, 0.5) is 0 Å². The molecule has 3 heteroatoms. The smallest absolute Gasteiger partial charge is 0.335 e. The predicted molar refractivity (Wildman–Crippen MR) is 69.1 cm³/mol. The minimum Gasteiger partial charge on any atom is -0.433 e. The van der Waals surface area contributed by atoms with E-state index in [0.29, 0.717) is 0 Å². The minimum atomic E-state index is -1.05. The van der Waals surface area contributed by atoms with Gasteiger partial charge in [0, 0.05) is 5.57 Å². The number of hydrogen-bond acceptors (Lipinski definition) is 3. The summed E-state index contributed by atoms with van der Waals surface area (Å²) in [5, 5.41) is 8.49. The molecule has 1 aromatic carbocycles. The molecule has 0 fully saturated rings. The van der Waals surface area contributed by atoms with Crippen LogP contribution in [0.5, 0.6) is 0 Å². The maximum absolute atomic E-state index is 10.5. The molecule has 0 spiro atoms. The van der Waals surface area contributed by atoms with E-state index >= 15 is 0 Å². The van der Waals surface area contributed by atoms with Crippen LogP contribution in [0.2, 0.25) is 0 Å². The highest BCUT2D eigenvalue weighted by Gasteiger charge is 2.04. The topological polar surface area (TPSA) is 46.5 Å². The fourth-order valence-electron chi connectivity index (χ4n) is 0.845. The van der Waals surface area contributed by atoms with E-state index in [0.717, 1.165) is 0 Å². The van der Waals surface area contributed by atoms with Gasteiger partial charge in [-0.3, -0.25) is 0 Å². The van der Waals surface area contributed by atoms with Crippen LogP contribution in [-0.2, 0) is 9.53 Å². The molecule has 1 atom stereocenters. The average molecular weight is 234 g/mol. The van der Waals surface area contributed by atoms with Crippen LogP contribution < -0.4 is 0 Å². The normalized spacial score (nSPS) is 10.5. The van der Waals surface area contributed by atoms with Crippen LogP contribution in [0.25, 0.3) is 6.08 Å². The van der Waals surface area contributed by atoms with Crippen molar-refractivity contribution < 1.29 is 14.6 Å². The van der Waals surface area contributed by atoms with Gasteiger partial charge in [-0.1, -0.05) is 49.6 Å². The molecule has 17 heavy (non-hydrogen) atoms. The van der Waals surface area contributed by atoms with E-state index in [9.17, 15) is 4.79 Å². The van der Waals surface area contributed by atoms with E-state index < -0.39 is 12.3 Å². The summed E-state index contributed by atoms with van der Waals surface area (Å²) >= 11 is 0. The number of aliphatic hydroxyl groups excluding tert-OH is 1. The summed E-state index contributed by atoms with van der Waals surface area (Å²) in [5.41, 5.74) is 1.46. The molecule has 0 aromatic heterocycles. The van der Waals surface area contributed by atoms with Gasteiger partial charge in [0.2, 0.25) is 0 Å². The molecule has 1 aromatic rings. The molecule has 1 rings (SSSR count). The van der Waals surface area contributed by atoms with E-state index in [1.165, 1.54) is 19.4 Å². The van der Waals surface area contributed by atoms with E-state index in [1.807, 2.05) is 36.4 Å². The van der Waals surface area contributed by atoms with Gasteiger partial charge in [-0.25, -0.2) is 4.79 Å². The van der Waals surface area contributed by atoms with E-state index in [1.54, 1.807) is 0 Å². The first kappa shape index (κ1) is 15.1. The number of aliphatic hydroxyl groups is 1. The molecule has 0 radical (unpaired) electrons. The van der Waals surface area contributed by atoms with Crippen LogP contribution in [-0.4, -0.2) is 17.4 Å². The molecule has 0 aliphatic carbocycles. The van der Waals surface area contributed by atoms with Crippen molar-refractivity contribution in [1.29, 1.82) is 0 Å². The summed E-state index contributed by atoms with van der Waals surface area (Å²) in [6.45, 7) is 9.83. The summed E-state index contributed by atoms with van der Waals surface area (Å²) < 4.78 is 4.33. The molecule has 0 amide bonds. The van der Waals surface area contributed by atoms with Gasteiger partial charge in [-0.2, -0.15) is 0 Å². The molecule has 3 nitrogen and oxygen atoms in total. The first-order chi connectivity index (χ1) is 7.97. The van der Waals surface area contributed by atoms with E-state index in [4.69, 9.17) is 5.11 Å². The monoisotopic (exact) mass is 234 g/mol. The Morgan fingerprint density at radius 1 is 1.41 bits per heavy atom. The summed E-state index contributed by atoms with van der Waals surface area (Å²) in [4.78, 5) is 10.5. The number of carbonyl (C=O) groups is 1. The fraction of sp³-hybridized carbons (Fsp3) is 0.214.